The molecule has 0 spiro atoms. The van der Waals surface area contributed by atoms with Gasteiger partial charge in [0, 0.05) is 80.0 Å². The number of nitrogens with one attached hydrogen (secondary N) is 2. The molecule has 10 heteroatoms. The zero-order chi connectivity index (χ0) is 29.2. The van der Waals surface area contributed by atoms with Gasteiger partial charge in [-0.15, -0.1) is 0 Å². The summed E-state index contributed by atoms with van der Waals surface area (Å²) in [5.41, 5.74) is 6.74. The van der Waals surface area contributed by atoms with E-state index in [0.29, 0.717) is 25.1 Å². The molecule has 4 aromatic rings. The van der Waals surface area contributed by atoms with E-state index in [1.807, 2.05) is 24.4 Å². The summed E-state index contributed by atoms with van der Waals surface area (Å²) in [7, 11) is 1.61. The van der Waals surface area contributed by atoms with E-state index in [1.54, 1.807) is 19.4 Å². The first-order valence-electron chi connectivity index (χ1n) is 15.0. The number of likely N-dealkylation sites (tertiary alicyclic amines) is 1. The fourth-order valence-electron chi connectivity index (χ4n) is 6.22. The normalized spacial score (nSPS) is 17.1. The van der Waals surface area contributed by atoms with Crippen LogP contribution in [0.2, 0.25) is 0 Å². The lowest BCUT2D eigenvalue weighted by atomic mass is 9.96. The van der Waals surface area contributed by atoms with Crippen LogP contribution in [0, 0.1) is 0 Å². The molecule has 2 fully saturated rings. The number of hydrogen-bond donors (Lipinski definition) is 2. The van der Waals surface area contributed by atoms with Gasteiger partial charge in [-0.05, 0) is 48.7 Å². The van der Waals surface area contributed by atoms with Gasteiger partial charge in [0.15, 0.2) is 0 Å². The lowest BCUT2D eigenvalue weighted by Gasteiger charge is -2.33. The van der Waals surface area contributed by atoms with E-state index < -0.39 is 0 Å². The Bertz CT molecular complexity index is 1660. The first-order chi connectivity index (χ1) is 21.1. The Morgan fingerprint density at radius 3 is 2.72 bits per heavy atom. The van der Waals surface area contributed by atoms with E-state index in [1.165, 1.54) is 0 Å². The number of ether oxygens (including phenoxy) is 3. The number of fused-ring (bicyclic) bond motifs is 2. The van der Waals surface area contributed by atoms with Crippen LogP contribution in [-0.2, 0) is 17.7 Å². The maximum Gasteiger partial charge on any atom is 0.250 e. The van der Waals surface area contributed by atoms with Gasteiger partial charge in [0.1, 0.15) is 11.5 Å². The van der Waals surface area contributed by atoms with Crippen LogP contribution in [0.5, 0.6) is 17.4 Å². The molecule has 2 N–H and O–H groups in total. The number of piperidine rings is 1. The third kappa shape index (κ3) is 6.07. The van der Waals surface area contributed by atoms with Crippen LogP contribution < -0.4 is 25.2 Å². The van der Waals surface area contributed by atoms with Gasteiger partial charge >= 0.3 is 0 Å². The van der Waals surface area contributed by atoms with Crippen molar-refractivity contribution >= 4 is 11.4 Å². The molecule has 222 valence electrons. The molecule has 3 aliphatic heterocycles. The average Bonchev–Trinajstić information content (AvgIpc) is 3.04. The minimum atomic E-state index is -0.122. The summed E-state index contributed by atoms with van der Waals surface area (Å²) < 4.78 is 17.2. The number of pyridine rings is 1. The van der Waals surface area contributed by atoms with Gasteiger partial charge < -0.3 is 29.4 Å². The lowest BCUT2D eigenvalue weighted by molar-refractivity contribution is 0.122. The summed E-state index contributed by atoms with van der Waals surface area (Å²) >= 11 is 0. The van der Waals surface area contributed by atoms with Crippen molar-refractivity contribution in [3.05, 3.63) is 88.1 Å². The number of hydrogen-bond acceptors (Lipinski definition) is 9. The standard InChI is InChI=1S/C33H36N6O4/c1-41-32-20-34-19-26(36-32)21-38-9-7-24(8-10-38)35-25-5-6-30-23(16-25)15-22-3-2-4-28(33(22)43-30)29-17-27(18-31(40)37-29)39-11-13-42-14-12-39/h2-6,16-20,24,35H,7-15,21H2,1H3,(H,37,40). The minimum Gasteiger partial charge on any atom is -0.480 e. The molecular formula is C33H36N6O4. The minimum absolute atomic E-state index is 0.122. The first kappa shape index (κ1) is 27.4. The molecular weight excluding hydrogens is 544 g/mol. The summed E-state index contributed by atoms with van der Waals surface area (Å²) in [5.74, 6) is 2.21. The SMILES string of the molecule is COc1cncc(CN2CCC(Nc3ccc4c(c3)Cc3cccc(-c5cc(N6CCOCC6)cc(=O)[nH]5)c3O4)CC2)n1. The van der Waals surface area contributed by atoms with E-state index in [2.05, 4.69) is 54.3 Å². The van der Waals surface area contributed by atoms with Gasteiger partial charge in [0.2, 0.25) is 11.4 Å². The fourth-order valence-corrected chi connectivity index (χ4v) is 6.22. The monoisotopic (exact) mass is 580 g/mol. The van der Waals surface area contributed by atoms with Crippen molar-refractivity contribution in [2.45, 2.75) is 31.8 Å². The Morgan fingerprint density at radius 2 is 1.88 bits per heavy atom. The molecule has 0 unspecified atom stereocenters. The van der Waals surface area contributed by atoms with Crippen LogP contribution in [0.4, 0.5) is 11.4 Å². The Labute approximate surface area is 250 Å². The van der Waals surface area contributed by atoms with Crippen molar-refractivity contribution < 1.29 is 14.2 Å². The number of methoxy groups -OCH3 is 1. The van der Waals surface area contributed by atoms with Crippen LogP contribution >= 0.6 is 0 Å². The van der Waals surface area contributed by atoms with Gasteiger partial charge in [-0.2, -0.15) is 0 Å². The maximum atomic E-state index is 12.6. The number of benzene rings is 2. The Balaban J connectivity index is 1.02. The molecule has 0 amide bonds. The molecule has 2 aromatic heterocycles. The Hall–Kier alpha value is -4.41. The Morgan fingerprint density at radius 1 is 1.02 bits per heavy atom. The third-order valence-corrected chi connectivity index (χ3v) is 8.46. The summed E-state index contributed by atoms with van der Waals surface area (Å²) in [6.45, 7) is 5.64. The summed E-state index contributed by atoms with van der Waals surface area (Å²) in [6.07, 6.45) is 6.32. The highest BCUT2D eigenvalue weighted by Gasteiger charge is 2.24. The van der Waals surface area contributed by atoms with Gasteiger partial charge in [0.25, 0.3) is 0 Å². The second kappa shape index (κ2) is 12.1. The number of H-pyrrole nitrogens is 1. The van der Waals surface area contributed by atoms with E-state index >= 15 is 0 Å². The topological polar surface area (TPSA) is 105 Å². The van der Waals surface area contributed by atoms with Crippen LogP contribution in [0.3, 0.4) is 0 Å². The largest absolute Gasteiger partial charge is 0.480 e. The van der Waals surface area contributed by atoms with Crippen molar-refractivity contribution in [3.8, 4) is 28.6 Å². The zero-order valence-corrected chi connectivity index (χ0v) is 24.3. The first-order valence-corrected chi connectivity index (χ1v) is 15.0. The number of rotatable bonds is 7. The molecule has 3 aliphatic rings. The summed E-state index contributed by atoms with van der Waals surface area (Å²) in [5, 5.41) is 3.75. The molecule has 5 heterocycles. The number of aromatic amines is 1. The average molecular weight is 581 g/mol. The molecule has 2 aromatic carbocycles. The molecule has 0 aliphatic carbocycles. The van der Waals surface area contributed by atoms with E-state index in [4.69, 9.17) is 14.2 Å². The van der Waals surface area contributed by atoms with Crippen molar-refractivity contribution in [2.75, 3.05) is 56.7 Å². The predicted molar refractivity (Wildman–Crippen MR) is 165 cm³/mol. The van der Waals surface area contributed by atoms with E-state index in [9.17, 15) is 4.79 Å². The molecule has 10 nitrogen and oxygen atoms in total. The Kier molecular flexibility index (Phi) is 7.69. The number of morpholine rings is 1. The van der Waals surface area contributed by atoms with E-state index in [0.717, 1.165) is 103 Å². The molecule has 0 radical (unpaired) electrons. The summed E-state index contributed by atoms with van der Waals surface area (Å²) in [6, 6.07) is 16.6. The predicted octanol–water partition coefficient (Wildman–Crippen LogP) is 4.45. The number of nitrogens with zero attached hydrogens (tertiary/aromatic N) is 4. The molecule has 43 heavy (non-hydrogen) atoms. The molecule has 0 atom stereocenters. The highest BCUT2D eigenvalue weighted by Crippen LogP contribution is 2.43. The fraction of sp³-hybridized carbons (Fsp3) is 0.364. The van der Waals surface area contributed by atoms with E-state index in [-0.39, 0.29) is 5.56 Å². The quantitative estimate of drug-likeness (QED) is 0.289. The number of aromatic nitrogens is 3. The molecule has 0 saturated carbocycles. The van der Waals surface area contributed by atoms with Crippen LogP contribution in [-0.4, -0.2) is 72.4 Å². The third-order valence-electron chi connectivity index (χ3n) is 8.46. The smallest absolute Gasteiger partial charge is 0.250 e. The second-order valence-electron chi connectivity index (χ2n) is 11.4. The highest BCUT2D eigenvalue weighted by molar-refractivity contribution is 5.74. The van der Waals surface area contributed by atoms with Crippen molar-refractivity contribution in [2.24, 2.45) is 0 Å². The highest BCUT2D eigenvalue weighted by atomic mass is 16.5. The van der Waals surface area contributed by atoms with Crippen molar-refractivity contribution in [3.63, 3.8) is 0 Å². The van der Waals surface area contributed by atoms with Crippen LogP contribution in [0.1, 0.15) is 29.7 Å². The molecule has 7 rings (SSSR count). The second-order valence-corrected chi connectivity index (χ2v) is 11.4. The summed E-state index contributed by atoms with van der Waals surface area (Å²) in [4.78, 5) is 29.0. The van der Waals surface area contributed by atoms with Crippen LogP contribution in [0.15, 0.2) is 65.7 Å². The maximum absolute atomic E-state index is 12.6. The molecule has 0 bridgehead atoms. The van der Waals surface area contributed by atoms with Gasteiger partial charge in [-0.1, -0.05) is 12.1 Å². The van der Waals surface area contributed by atoms with Gasteiger partial charge in [-0.3, -0.25) is 14.7 Å². The molecule has 2 saturated heterocycles. The van der Waals surface area contributed by atoms with Crippen molar-refractivity contribution in [1.82, 2.24) is 19.9 Å². The number of anilines is 2. The van der Waals surface area contributed by atoms with Crippen molar-refractivity contribution in [1.29, 1.82) is 0 Å². The zero-order valence-electron chi connectivity index (χ0n) is 24.3. The van der Waals surface area contributed by atoms with Gasteiger partial charge in [0.05, 0.1) is 37.9 Å². The van der Waals surface area contributed by atoms with Crippen LogP contribution in [0.25, 0.3) is 11.3 Å². The lowest BCUT2D eigenvalue weighted by Crippen LogP contribution is -2.38. The van der Waals surface area contributed by atoms with Gasteiger partial charge in [-0.25, -0.2) is 4.98 Å². The number of para-hydroxylation sites is 1.